The highest BCUT2D eigenvalue weighted by Crippen LogP contribution is 2.50. The highest BCUT2D eigenvalue weighted by molar-refractivity contribution is 7.90. The highest BCUT2D eigenvalue weighted by Gasteiger charge is 2.56. The van der Waals surface area contributed by atoms with Gasteiger partial charge in [0.2, 0.25) is 16.0 Å². The number of aliphatic imine (C=N–C) groups is 1. The van der Waals surface area contributed by atoms with Crippen LogP contribution in [0.5, 0.6) is 0 Å². The van der Waals surface area contributed by atoms with Gasteiger partial charge in [0, 0.05) is 42.9 Å². The van der Waals surface area contributed by atoms with Gasteiger partial charge in [0.05, 0.1) is 22.1 Å². The van der Waals surface area contributed by atoms with Crippen LogP contribution in [-0.4, -0.2) is 49.2 Å². The Bertz CT molecular complexity index is 1120. The molecule has 4 heterocycles. The van der Waals surface area contributed by atoms with Crippen molar-refractivity contribution in [2.24, 2.45) is 10.7 Å². The zero-order valence-electron chi connectivity index (χ0n) is 14.8. The molecule has 0 amide bonds. The van der Waals surface area contributed by atoms with Crippen LogP contribution in [0.1, 0.15) is 16.9 Å². The molecule has 28 heavy (non-hydrogen) atoms. The van der Waals surface area contributed by atoms with Gasteiger partial charge in [-0.15, -0.1) is 11.3 Å². The molecule has 1 fully saturated rings. The number of nitrogens with two attached hydrogens (primary N) is 1. The lowest BCUT2D eigenvalue weighted by atomic mass is 9.88. The maximum atomic E-state index is 13.0. The molecule has 4 rings (SSSR count). The number of fused-ring (bicyclic) bond motifs is 1. The molecule has 2 aliphatic heterocycles. The van der Waals surface area contributed by atoms with Crippen molar-refractivity contribution in [1.29, 1.82) is 5.26 Å². The summed E-state index contributed by atoms with van der Waals surface area (Å²) in [6.45, 7) is 0.361. The number of rotatable bonds is 2. The summed E-state index contributed by atoms with van der Waals surface area (Å²) in [5.41, 5.74) is 6.01. The van der Waals surface area contributed by atoms with E-state index in [9.17, 15) is 8.42 Å². The molecule has 11 heteroatoms. The van der Waals surface area contributed by atoms with Crippen LogP contribution in [0.2, 0.25) is 5.02 Å². The van der Waals surface area contributed by atoms with Gasteiger partial charge in [0.25, 0.3) is 0 Å². The molecular formula is C17H16ClN5O3S2. The van der Waals surface area contributed by atoms with Crippen molar-refractivity contribution in [3.8, 4) is 16.5 Å². The molecule has 8 nitrogen and oxygen atoms in total. The van der Waals surface area contributed by atoms with E-state index in [2.05, 4.69) is 16.0 Å². The Hall–Kier alpha value is -2.19. The molecule has 146 valence electrons. The molecule has 0 bridgehead atoms. The maximum Gasteiger partial charge on any atom is 0.245 e. The second-order valence-electron chi connectivity index (χ2n) is 6.58. The summed E-state index contributed by atoms with van der Waals surface area (Å²) >= 11 is 7.90. The van der Waals surface area contributed by atoms with E-state index in [1.165, 1.54) is 24.6 Å². The summed E-state index contributed by atoms with van der Waals surface area (Å²) in [7, 11) is -2.37. The third-order valence-electron chi connectivity index (χ3n) is 5.04. The molecule has 2 aromatic heterocycles. The van der Waals surface area contributed by atoms with Gasteiger partial charge in [0.1, 0.15) is 16.9 Å². The Balaban J connectivity index is 1.90. The van der Waals surface area contributed by atoms with E-state index in [1.807, 2.05) is 0 Å². The van der Waals surface area contributed by atoms with E-state index in [1.54, 1.807) is 18.3 Å². The van der Waals surface area contributed by atoms with Gasteiger partial charge < -0.3 is 10.5 Å². The zero-order valence-corrected chi connectivity index (χ0v) is 17.2. The van der Waals surface area contributed by atoms with Crippen LogP contribution in [-0.2, 0) is 20.3 Å². The van der Waals surface area contributed by atoms with E-state index in [-0.39, 0.29) is 12.6 Å². The van der Waals surface area contributed by atoms with Gasteiger partial charge in [-0.25, -0.2) is 17.7 Å². The van der Waals surface area contributed by atoms with Crippen LogP contribution in [0.15, 0.2) is 29.5 Å². The quantitative estimate of drug-likeness (QED) is 0.765. The monoisotopic (exact) mass is 437 g/mol. The van der Waals surface area contributed by atoms with Crippen molar-refractivity contribution >= 4 is 38.9 Å². The molecule has 0 saturated carbocycles. The summed E-state index contributed by atoms with van der Waals surface area (Å²) in [6, 6.07) is 5.51. The number of nitriles is 1. The molecule has 0 spiro atoms. The van der Waals surface area contributed by atoms with E-state index < -0.39 is 20.8 Å². The van der Waals surface area contributed by atoms with Gasteiger partial charge in [-0.05, 0) is 12.1 Å². The predicted octanol–water partition coefficient (Wildman–Crippen LogP) is 1.91. The summed E-state index contributed by atoms with van der Waals surface area (Å²) in [5.74, 6) is -0.0719. The number of halogens is 1. The van der Waals surface area contributed by atoms with Gasteiger partial charge >= 0.3 is 0 Å². The molecule has 2 N–H and O–H groups in total. The number of ether oxygens (including phenoxy) is 1. The molecule has 1 saturated heterocycles. The van der Waals surface area contributed by atoms with Gasteiger partial charge in [0.15, 0.2) is 0 Å². The van der Waals surface area contributed by atoms with Crippen molar-refractivity contribution in [1.82, 2.24) is 9.29 Å². The van der Waals surface area contributed by atoms with Crippen molar-refractivity contribution in [2.45, 2.75) is 17.2 Å². The molecule has 2 atom stereocenters. The Labute approximate surface area is 171 Å². The van der Waals surface area contributed by atoms with Gasteiger partial charge in [-0.1, -0.05) is 11.6 Å². The minimum atomic E-state index is -3.76. The lowest BCUT2D eigenvalue weighted by Gasteiger charge is -2.45. The van der Waals surface area contributed by atoms with Crippen LogP contribution in [0.4, 0.5) is 0 Å². The maximum absolute atomic E-state index is 13.0. The molecule has 2 aliphatic rings. The van der Waals surface area contributed by atoms with E-state index in [4.69, 9.17) is 27.3 Å². The topological polar surface area (TPSA) is 122 Å². The number of aromatic nitrogens is 1. The lowest BCUT2D eigenvalue weighted by molar-refractivity contribution is 0.0545. The van der Waals surface area contributed by atoms with Crippen LogP contribution in [0.3, 0.4) is 0 Å². The summed E-state index contributed by atoms with van der Waals surface area (Å²) in [5, 5.41) is 8.60. The molecule has 0 aliphatic carbocycles. The third-order valence-corrected chi connectivity index (χ3v) is 9.00. The zero-order chi connectivity index (χ0) is 20.1. The van der Waals surface area contributed by atoms with Gasteiger partial charge in [-0.2, -0.15) is 5.26 Å². The largest absolute Gasteiger partial charge is 0.380 e. The molecule has 2 aromatic rings. The number of guanidine groups is 1. The fraction of sp³-hybridized carbons (Fsp3) is 0.353. The number of thiophene rings is 1. The summed E-state index contributed by atoms with van der Waals surface area (Å²) in [6.07, 6.45) is 3.46. The Morgan fingerprint density at radius 2 is 2.25 bits per heavy atom. The van der Waals surface area contributed by atoms with Crippen LogP contribution in [0.25, 0.3) is 10.4 Å². The minimum absolute atomic E-state index is 0.0124. The minimum Gasteiger partial charge on any atom is -0.380 e. The normalized spacial score (nSPS) is 26.2. The molecular weight excluding hydrogens is 422 g/mol. The number of pyridine rings is 1. The van der Waals surface area contributed by atoms with Crippen LogP contribution >= 0.6 is 22.9 Å². The van der Waals surface area contributed by atoms with E-state index >= 15 is 0 Å². The lowest BCUT2D eigenvalue weighted by Crippen LogP contribution is -2.60. The number of hydrogen-bond acceptors (Lipinski definition) is 8. The van der Waals surface area contributed by atoms with Crippen molar-refractivity contribution < 1.29 is 13.2 Å². The SMILES string of the molecule is CN1C(N)=N[C@@]2(c3sc(-c4cncc(C#N)c4)cc3Cl)CCOCC2S1(=O)=O. The Kier molecular flexibility index (Phi) is 4.58. The highest BCUT2D eigenvalue weighted by atomic mass is 35.5. The standard InChI is InChI=1S/C17H16ClN5O3S2/c1-23-16(20)22-17(2-3-26-9-14(17)28(23,24)25)15-12(18)5-13(27-15)11-4-10(6-19)7-21-8-11/h4-5,7-8,14H,2-3,9H2,1H3,(H2,20,22)/t14?,17-/m0/s1. The molecule has 1 unspecified atom stereocenters. The van der Waals surface area contributed by atoms with Crippen LogP contribution in [0, 0.1) is 11.3 Å². The Morgan fingerprint density at radius 1 is 1.46 bits per heavy atom. The molecule has 0 radical (unpaired) electrons. The summed E-state index contributed by atoms with van der Waals surface area (Å²) in [4.78, 5) is 10.1. The summed E-state index contributed by atoms with van der Waals surface area (Å²) < 4.78 is 32.5. The molecule has 0 aromatic carbocycles. The first-order valence-electron chi connectivity index (χ1n) is 8.36. The predicted molar refractivity (Wildman–Crippen MR) is 106 cm³/mol. The third kappa shape index (κ3) is 2.78. The first-order valence-corrected chi connectivity index (χ1v) is 11.1. The second-order valence-corrected chi connectivity index (χ2v) is 10.2. The number of nitrogens with zero attached hydrogens (tertiary/aromatic N) is 4. The smallest absolute Gasteiger partial charge is 0.245 e. The van der Waals surface area contributed by atoms with E-state index in [0.717, 1.165) is 14.7 Å². The second kappa shape index (κ2) is 6.70. The van der Waals surface area contributed by atoms with Gasteiger partial charge in [-0.3, -0.25) is 4.98 Å². The fourth-order valence-electron chi connectivity index (χ4n) is 3.53. The average Bonchev–Trinajstić information content (AvgIpc) is 3.09. The number of sulfonamides is 1. The number of hydrogen-bond donors (Lipinski definition) is 1. The van der Waals surface area contributed by atoms with E-state index in [0.29, 0.717) is 28.5 Å². The van der Waals surface area contributed by atoms with Crippen molar-refractivity contribution in [2.75, 3.05) is 20.3 Å². The van der Waals surface area contributed by atoms with Crippen molar-refractivity contribution in [3.63, 3.8) is 0 Å². The first-order chi connectivity index (χ1) is 13.3. The fourth-order valence-corrected chi connectivity index (χ4v) is 7.04. The Morgan fingerprint density at radius 3 is 3.00 bits per heavy atom. The average molecular weight is 438 g/mol. The first kappa shape index (κ1) is 19.1. The van der Waals surface area contributed by atoms with Crippen LogP contribution < -0.4 is 5.73 Å². The van der Waals surface area contributed by atoms with Crippen molar-refractivity contribution in [3.05, 3.63) is 40.0 Å².